The van der Waals surface area contributed by atoms with Gasteiger partial charge in [-0.15, -0.1) is 0 Å². The van der Waals surface area contributed by atoms with Gasteiger partial charge in [-0.3, -0.25) is 0 Å². The second kappa shape index (κ2) is 8.29. The van der Waals surface area contributed by atoms with E-state index >= 15 is 0 Å². The van der Waals surface area contributed by atoms with Crippen LogP contribution in [-0.4, -0.2) is 25.2 Å². The zero-order valence-electron chi connectivity index (χ0n) is 18.7. The number of esters is 1. The maximum Gasteiger partial charge on any atom is 0.339 e. The van der Waals surface area contributed by atoms with E-state index in [2.05, 4.69) is 50.4 Å². The zero-order chi connectivity index (χ0) is 21.3. The quantitative estimate of drug-likeness (QED) is 0.744. The molecule has 2 aromatic carbocycles. The summed E-state index contributed by atoms with van der Waals surface area (Å²) in [5.41, 5.74) is 8.88. The van der Waals surface area contributed by atoms with E-state index in [0.717, 1.165) is 41.8 Å². The van der Waals surface area contributed by atoms with Crippen molar-refractivity contribution >= 4 is 5.97 Å². The Balaban J connectivity index is 2.34. The third-order valence-corrected chi connectivity index (χ3v) is 5.66. The average molecular weight is 396 g/mol. The fourth-order valence-corrected chi connectivity index (χ4v) is 4.27. The van der Waals surface area contributed by atoms with Gasteiger partial charge in [0, 0.05) is 12.1 Å². The third-order valence-electron chi connectivity index (χ3n) is 5.66. The Labute approximate surface area is 174 Å². The molecule has 1 N–H and O–H groups in total. The predicted octanol–water partition coefficient (Wildman–Crippen LogP) is 4.95. The topological polar surface area (TPSA) is 47.6 Å². The number of fused-ring (bicyclic) bond motifs is 1. The first-order valence-corrected chi connectivity index (χ1v) is 10.3. The van der Waals surface area contributed by atoms with Crippen molar-refractivity contribution in [3.63, 3.8) is 0 Å². The first kappa shape index (κ1) is 21.5. The summed E-state index contributed by atoms with van der Waals surface area (Å²) >= 11 is 0. The minimum absolute atomic E-state index is 0.357. The van der Waals surface area contributed by atoms with E-state index in [-0.39, 0.29) is 5.97 Å². The Morgan fingerprint density at radius 3 is 2.28 bits per heavy atom. The molecule has 4 nitrogen and oxygen atoms in total. The summed E-state index contributed by atoms with van der Waals surface area (Å²) in [4.78, 5) is 12.9. The Morgan fingerprint density at radius 1 is 1.03 bits per heavy atom. The van der Waals surface area contributed by atoms with E-state index in [0.29, 0.717) is 0 Å². The highest BCUT2D eigenvalue weighted by atomic mass is 16.6. The lowest BCUT2D eigenvalue weighted by Gasteiger charge is -2.33. The molecule has 0 radical (unpaired) electrons. The predicted molar refractivity (Wildman–Crippen MR) is 117 cm³/mol. The number of ether oxygens (including phenoxy) is 2. The number of nitrogens with one attached hydrogen (secondary N) is 1. The lowest BCUT2D eigenvalue weighted by atomic mass is 9.80. The lowest BCUT2D eigenvalue weighted by molar-refractivity contribution is -0.164. The van der Waals surface area contributed by atoms with Crippen LogP contribution in [0, 0.1) is 20.8 Å². The molecule has 0 aromatic heterocycles. The molecule has 156 valence electrons. The minimum Gasteiger partial charge on any atom is -0.467 e. The Bertz CT molecular complexity index is 907. The zero-order valence-corrected chi connectivity index (χ0v) is 18.7. The van der Waals surface area contributed by atoms with Crippen molar-refractivity contribution < 1.29 is 14.3 Å². The van der Waals surface area contributed by atoms with Crippen molar-refractivity contribution in [3.05, 3.63) is 57.6 Å². The van der Waals surface area contributed by atoms with Gasteiger partial charge in [-0.2, -0.15) is 0 Å². The fraction of sp³-hybridized carbons (Fsp3) is 0.480. The van der Waals surface area contributed by atoms with Gasteiger partial charge in [-0.25, -0.2) is 4.79 Å². The molecule has 0 aliphatic carbocycles. The Hall–Kier alpha value is -2.17. The summed E-state index contributed by atoms with van der Waals surface area (Å²) < 4.78 is 11.5. The number of aryl methyl sites for hydroxylation is 1. The highest BCUT2D eigenvalue weighted by molar-refractivity contribution is 5.85. The molecule has 1 unspecified atom stereocenters. The molecule has 1 aliphatic heterocycles. The van der Waals surface area contributed by atoms with Crippen LogP contribution in [0.3, 0.4) is 0 Å². The molecule has 0 saturated carbocycles. The summed E-state index contributed by atoms with van der Waals surface area (Å²) in [6.07, 6.45) is 0.183. The van der Waals surface area contributed by atoms with E-state index in [9.17, 15) is 4.79 Å². The summed E-state index contributed by atoms with van der Waals surface area (Å²) in [6.45, 7) is 14.1. The van der Waals surface area contributed by atoms with Gasteiger partial charge >= 0.3 is 5.97 Å². The van der Waals surface area contributed by atoms with Crippen molar-refractivity contribution in [2.24, 2.45) is 0 Å². The molecule has 1 heterocycles. The Morgan fingerprint density at radius 2 is 1.69 bits per heavy atom. The molecule has 0 spiro atoms. The van der Waals surface area contributed by atoms with Crippen molar-refractivity contribution in [2.75, 3.05) is 13.7 Å². The van der Waals surface area contributed by atoms with Crippen molar-refractivity contribution in [2.45, 2.75) is 66.2 Å². The molecule has 2 aromatic rings. The fourth-order valence-electron chi connectivity index (χ4n) is 4.27. The molecule has 29 heavy (non-hydrogen) atoms. The van der Waals surface area contributed by atoms with Crippen LogP contribution < -0.4 is 5.32 Å². The number of carbonyl (C=O) groups excluding carboxylic acids is 1. The van der Waals surface area contributed by atoms with Gasteiger partial charge in [0.15, 0.2) is 6.10 Å². The SMILES string of the molecule is COC(=O)C(OC(C)(C)C)c1c(C)c2c(c(C)c1-c1ccc(C)cc1)CNCC2. The minimum atomic E-state index is -0.768. The van der Waals surface area contributed by atoms with Crippen LogP contribution in [0.1, 0.15) is 60.3 Å². The summed E-state index contributed by atoms with van der Waals surface area (Å²) in [5, 5.41) is 3.49. The lowest BCUT2D eigenvalue weighted by Crippen LogP contribution is -2.31. The van der Waals surface area contributed by atoms with E-state index in [1.54, 1.807) is 0 Å². The van der Waals surface area contributed by atoms with Gasteiger partial charge in [0.05, 0.1) is 12.7 Å². The average Bonchev–Trinajstić information content (AvgIpc) is 2.68. The molecule has 0 fully saturated rings. The molecule has 0 saturated heterocycles. The largest absolute Gasteiger partial charge is 0.467 e. The molecule has 0 amide bonds. The van der Waals surface area contributed by atoms with Crippen LogP contribution in [0.4, 0.5) is 0 Å². The van der Waals surface area contributed by atoms with Crippen molar-refractivity contribution in [1.82, 2.24) is 5.32 Å². The first-order chi connectivity index (χ1) is 13.6. The molecular weight excluding hydrogens is 362 g/mol. The van der Waals surface area contributed by atoms with Crippen molar-refractivity contribution in [1.29, 1.82) is 0 Å². The highest BCUT2D eigenvalue weighted by Crippen LogP contribution is 2.42. The van der Waals surface area contributed by atoms with Crippen LogP contribution in [0.2, 0.25) is 0 Å². The third kappa shape index (κ3) is 4.39. The van der Waals surface area contributed by atoms with Crippen LogP contribution in [0.5, 0.6) is 0 Å². The smallest absolute Gasteiger partial charge is 0.339 e. The summed E-state index contributed by atoms with van der Waals surface area (Å²) in [6, 6.07) is 8.50. The molecule has 4 heteroatoms. The maximum atomic E-state index is 12.9. The first-order valence-electron chi connectivity index (χ1n) is 10.3. The highest BCUT2D eigenvalue weighted by Gasteiger charge is 2.34. The van der Waals surface area contributed by atoms with Gasteiger partial charge in [0.25, 0.3) is 0 Å². The number of hydrogen-bond acceptors (Lipinski definition) is 4. The van der Waals surface area contributed by atoms with Crippen LogP contribution in [0.15, 0.2) is 24.3 Å². The molecule has 0 bridgehead atoms. The summed E-state index contributed by atoms with van der Waals surface area (Å²) in [7, 11) is 1.43. The van der Waals surface area contributed by atoms with Crippen LogP contribution >= 0.6 is 0 Å². The summed E-state index contributed by atoms with van der Waals surface area (Å²) in [5.74, 6) is -0.357. The number of hydrogen-bond donors (Lipinski definition) is 1. The number of rotatable bonds is 4. The Kier molecular flexibility index (Phi) is 6.16. The van der Waals surface area contributed by atoms with Gasteiger partial charge < -0.3 is 14.8 Å². The molecule has 1 aliphatic rings. The van der Waals surface area contributed by atoms with E-state index in [1.165, 1.54) is 29.4 Å². The van der Waals surface area contributed by atoms with Gasteiger partial charge in [-0.05, 0) is 87.9 Å². The second-order valence-electron chi connectivity index (χ2n) is 8.92. The van der Waals surface area contributed by atoms with Gasteiger partial charge in [0.2, 0.25) is 0 Å². The van der Waals surface area contributed by atoms with Crippen molar-refractivity contribution in [3.8, 4) is 11.1 Å². The van der Waals surface area contributed by atoms with Gasteiger partial charge in [0.1, 0.15) is 0 Å². The normalized spacial score (nSPS) is 15.0. The standard InChI is InChI=1S/C25H33NO3/c1-15-8-10-18(11-9-15)21-17(3)20-14-26-13-12-19(20)16(2)22(21)23(24(27)28-7)29-25(4,5)6/h8-11,23,26H,12-14H2,1-7H3. The van der Waals surface area contributed by atoms with E-state index in [4.69, 9.17) is 9.47 Å². The monoisotopic (exact) mass is 395 g/mol. The van der Waals surface area contributed by atoms with E-state index in [1.807, 2.05) is 20.8 Å². The molecular formula is C25H33NO3. The molecule has 3 rings (SSSR count). The number of methoxy groups -OCH3 is 1. The maximum absolute atomic E-state index is 12.9. The molecule has 1 atom stereocenters. The number of carbonyl (C=O) groups is 1. The second-order valence-corrected chi connectivity index (χ2v) is 8.92. The van der Waals surface area contributed by atoms with E-state index < -0.39 is 11.7 Å². The van der Waals surface area contributed by atoms with Gasteiger partial charge in [-0.1, -0.05) is 29.8 Å². The number of benzene rings is 2. The van der Waals surface area contributed by atoms with Crippen LogP contribution in [0.25, 0.3) is 11.1 Å². The van der Waals surface area contributed by atoms with Crippen LogP contribution in [-0.2, 0) is 27.2 Å².